The van der Waals surface area contributed by atoms with Crippen LogP contribution in [0.5, 0.6) is 23.0 Å². The van der Waals surface area contributed by atoms with Crippen molar-refractivity contribution in [2.75, 3.05) is 27.9 Å². The number of benzene rings is 2. The number of nitrogens with zero attached hydrogens (tertiary/aromatic N) is 1. The van der Waals surface area contributed by atoms with E-state index in [4.69, 9.17) is 18.9 Å². The molecule has 2 aromatic carbocycles. The van der Waals surface area contributed by atoms with Gasteiger partial charge in [0.15, 0.2) is 18.1 Å². The standard InChI is InChI=1S/C19H20Br2N2O5/c1-11-5-13(20)18(14(21)6-11)28-10-17(24)23-22-9-12-7-15(25-2)19(27-4)16(8-12)26-3/h5-9H,10H2,1-4H3,(H,23,24)/b22-9+. The van der Waals surface area contributed by atoms with Crippen LogP contribution in [0.2, 0.25) is 0 Å². The van der Waals surface area contributed by atoms with Crippen molar-refractivity contribution in [2.45, 2.75) is 6.92 Å². The van der Waals surface area contributed by atoms with Gasteiger partial charge in [0.1, 0.15) is 5.75 Å². The van der Waals surface area contributed by atoms with Crippen molar-refractivity contribution in [1.82, 2.24) is 5.43 Å². The van der Waals surface area contributed by atoms with Crippen LogP contribution in [-0.4, -0.2) is 40.1 Å². The Morgan fingerprint density at radius 3 is 2.07 bits per heavy atom. The van der Waals surface area contributed by atoms with Gasteiger partial charge < -0.3 is 18.9 Å². The van der Waals surface area contributed by atoms with Gasteiger partial charge in [-0.2, -0.15) is 5.10 Å². The van der Waals surface area contributed by atoms with Crippen molar-refractivity contribution in [2.24, 2.45) is 5.10 Å². The van der Waals surface area contributed by atoms with Crippen LogP contribution >= 0.6 is 31.9 Å². The van der Waals surface area contributed by atoms with E-state index in [2.05, 4.69) is 42.4 Å². The monoisotopic (exact) mass is 514 g/mol. The summed E-state index contributed by atoms with van der Waals surface area (Å²) in [6, 6.07) is 7.24. The summed E-state index contributed by atoms with van der Waals surface area (Å²) in [6.07, 6.45) is 1.47. The van der Waals surface area contributed by atoms with Gasteiger partial charge in [-0.15, -0.1) is 0 Å². The number of carbonyl (C=O) groups is 1. The molecule has 2 rings (SSSR count). The minimum atomic E-state index is -0.400. The highest BCUT2D eigenvalue weighted by molar-refractivity contribution is 9.11. The summed E-state index contributed by atoms with van der Waals surface area (Å²) in [5.41, 5.74) is 4.14. The van der Waals surface area contributed by atoms with E-state index in [1.54, 1.807) is 12.1 Å². The van der Waals surface area contributed by atoms with Crippen molar-refractivity contribution in [3.8, 4) is 23.0 Å². The Labute approximate surface area is 180 Å². The van der Waals surface area contributed by atoms with Gasteiger partial charge in [-0.1, -0.05) is 0 Å². The summed E-state index contributed by atoms with van der Waals surface area (Å²) in [5.74, 6) is 1.62. The summed E-state index contributed by atoms with van der Waals surface area (Å²) in [7, 11) is 4.58. The molecular formula is C19H20Br2N2O5. The average molecular weight is 516 g/mol. The average Bonchev–Trinajstić information content (AvgIpc) is 2.66. The van der Waals surface area contributed by atoms with Gasteiger partial charge in [-0.25, -0.2) is 5.43 Å². The Bertz CT molecular complexity index is 839. The number of carbonyl (C=O) groups excluding carboxylic acids is 1. The smallest absolute Gasteiger partial charge is 0.277 e. The number of methoxy groups -OCH3 is 3. The molecule has 0 aromatic heterocycles. The highest BCUT2D eigenvalue weighted by Crippen LogP contribution is 2.37. The molecule has 0 unspecified atom stereocenters. The van der Waals surface area contributed by atoms with Crippen molar-refractivity contribution in [3.05, 3.63) is 44.3 Å². The molecule has 1 amide bonds. The fourth-order valence-electron chi connectivity index (χ4n) is 2.35. The summed E-state index contributed by atoms with van der Waals surface area (Å²) in [4.78, 5) is 12.0. The Balaban J connectivity index is 2.00. The van der Waals surface area contributed by atoms with Crippen LogP contribution in [0.15, 0.2) is 38.3 Å². The predicted octanol–water partition coefficient (Wildman–Crippen LogP) is 4.07. The first kappa shape index (κ1) is 22.0. The van der Waals surface area contributed by atoms with E-state index in [1.807, 2.05) is 19.1 Å². The third-order valence-corrected chi connectivity index (χ3v) is 4.76. The second-order valence-corrected chi connectivity index (χ2v) is 7.31. The van der Waals surface area contributed by atoms with E-state index < -0.39 is 5.91 Å². The zero-order valence-electron chi connectivity index (χ0n) is 15.8. The van der Waals surface area contributed by atoms with Crippen LogP contribution in [0.25, 0.3) is 0 Å². The van der Waals surface area contributed by atoms with Crippen LogP contribution in [-0.2, 0) is 4.79 Å². The van der Waals surface area contributed by atoms with E-state index in [1.165, 1.54) is 27.5 Å². The summed E-state index contributed by atoms with van der Waals surface area (Å²) >= 11 is 6.84. The summed E-state index contributed by atoms with van der Waals surface area (Å²) < 4.78 is 22.9. The molecular weight excluding hydrogens is 496 g/mol. The Morgan fingerprint density at radius 1 is 1.00 bits per heavy atom. The maximum atomic E-state index is 12.0. The number of halogens is 2. The third kappa shape index (κ3) is 5.62. The Hall–Kier alpha value is -2.26. The number of aryl methyl sites for hydroxylation is 1. The molecule has 150 valence electrons. The van der Waals surface area contributed by atoms with E-state index in [0.29, 0.717) is 28.6 Å². The number of nitrogens with one attached hydrogen (secondary N) is 1. The fraction of sp³-hybridized carbons (Fsp3) is 0.263. The lowest BCUT2D eigenvalue weighted by atomic mass is 10.2. The van der Waals surface area contributed by atoms with Gasteiger partial charge in [0.05, 0.1) is 36.5 Å². The van der Waals surface area contributed by atoms with Gasteiger partial charge in [-0.05, 0) is 68.6 Å². The Morgan fingerprint density at radius 2 is 1.57 bits per heavy atom. The first-order valence-electron chi connectivity index (χ1n) is 8.10. The van der Waals surface area contributed by atoms with Crippen LogP contribution < -0.4 is 24.4 Å². The lowest BCUT2D eigenvalue weighted by Crippen LogP contribution is -2.24. The van der Waals surface area contributed by atoms with Crippen molar-refractivity contribution in [3.63, 3.8) is 0 Å². The van der Waals surface area contributed by atoms with Crippen molar-refractivity contribution >= 4 is 44.0 Å². The highest BCUT2D eigenvalue weighted by atomic mass is 79.9. The van der Waals surface area contributed by atoms with Crippen LogP contribution in [0.3, 0.4) is 0 Å². The number of amides is 1. The zero-order valence-corrected chi connectivity index (χ0v) is 19.0. The Kier molecular flexibility index (Phi) is 8.13. The first-order valence-corrected chi connectivity index (χ1v) is 9.68. The molecule has 0 aliphatic heterocycles. The summed E-state index contributed by atoms with van der Waals surface area (Å²) in [6.45, 7) is 1.77. The van der Waals surface area contributed by atoms with E-state index in [-0.39, 0.29) is 6.61 Å². The zero-order chi connectivity index (χ0) is 20.7. The normalized spacial score (nSPS) is 10.6. The van der Waals surface area contributed by atoms with Crippen LogP contribution in [0.4, 0.5) is 0 Å². The molecule has 0 bridgehead atoms. The topological polar surface area (TPSA) is 78.4 Å². The molecule has 2 aromatic rings. The minimum Gasteiger partial charge on any atom is -0.493 e. The lowest BCUT2D eigenvalue weighted by Gasteiger charge is -2.12. The molecule has 0 aliphatic rings. The number of rotatable bonds is 8. The van der Waals surface area contributed by atoms with Gasteiger partial charge in [0, 0.05) is 5.56 Å². The molecule has 0 heterocycles. The second kappa shape index (κ2) is 10.3. The number of hydrogen-bond donors (Lipinski definition) is 1. The number of ether oxygens (including phenoxy) is 4. The third-order valence-electron chi connectivity index (χ3n) is 3.58. The van der Waals surface area contributed by atoms with E-state index >= 15 is 0 Å². The molecule has 0 saturated carbocycles. The number of hydrazone groups is 1. The lowest BCUT2D eigenvalue weighted by molar-refractivity contribution is -0.123. The van der Waals surface area contributed by atoms with Gasteiger partial charge in [0.25, 0.3) is 5.91 Å². The van der Waals surface area contributed by atoms with E-state index in [9.17, 15) is 4.79 Å². The maximum Gasteiger partial charge on any atom is 0.277 e. The minimum absolute atomic E-state index is 0.188. The van der Waals surface area contributed by atoms with Crippen LogP contribution in [0.1, 0.15) is 11.1 Å². The summed E-state index contributed by atoms with van der Waals surface area (Å²) in [5, 5.41) is 3.94. The second-order valence-electron chi connectivity index (χ2n) is 5.60. The first-order chi connectivity index (χ1) is 13.4. The largest absolute Gasteiger partial charge is 0.493 e. The molecule has 1 N–H and O–H groups in total. The molecule has 7 nitrogen and oxygen atoms in total. The predicted molar refractivity (Wildman–Crippen MR) is 114 cm³/mol. The van der Waals surface area contributed by atoms with Crippen LogP contribution in [0, 0.1) is 6.92 Å². The fourth-order valence-corrected chi connectivity index (χ4v) is 3.99. The molecule has 28 heavy (non-hydrogen) atoms. The highest BCUT2D eigenvalue weighted by Gasteiger charge is 2.13. The van der Waals surface area contributed by atoms with Crippen molar-refractivity contribution < 1.29 is 23.7 Å². The molecule has 0 atom stereocenters. The molecule has 0 radical (unpaired) electrons. The quantitative estimate of drug-likeness (QED) is 0.423. The van der Waals surface area contributed by atoms with Crippen molar-refractivity contribution in [1.29, 1.82) is 0 Å². The van der Waals surface area contributed by atoms with Gasteiger partial charge >= 0.3 is 0 Å². The van der Waals surface area contributed by atoms with Gasteiger partial charge in [-0.3, -0.25) is 4.79 Å². The number of hydrogen-bond acceptors (Lipinski definition) is 6. The maximum absolute atomic E-state index is 12.0. The molecule has 0 fully saturated rings. The molecule has 9 heteroatoms. The molecule has 0 aliphatic carbocycles. The van der Waals surface area contributed by atoms with E-state index in [0.717, 1.165) is 14.5 Å². The van der Waals surface area contributed by atoms with Gasteiger partial charge in [0.2, 0.25) is 5.75 Å². The SMILES string of the molecule is COc1cc(/C=N/NC(=O)COc2c(Br)cc(C)cc2Br)cc(OC)c1OC. The molecule has 0 saturated heterocycles. The molecule has 0 spiro atoms.